The van der Waals surface area contributed by atoms with E-state index in [1.54, 1.807) is 6.92 Å². The summed E-state index contributed by atoms with van der Waals surface area (Å²) in [5.41, 5.74) is -0.0419. The van der Waals surface area contributed by atoms with Gasteiger partial charge in [0.15, 0.2) is 5.69 Å². The van der Waals surface area contributed by atoms with Gasteiger partial charge in [0, 0.05) is 9.80 Å². The van der Waals surface area contributed by atoms with Crippen LogP contribution in [0.15, 0.2) is 10.5 Å². The van der Waals surface area contributed by atoms with Gasteiger partial charge in [-0.25, -0.2) is 18.6 Å². The molecule has 0 aliphatic carbocycles. The highest BCUT2D eigenvalue weighted by Gasteiger charge is 2.21. The van der Waals surface area contributed by atoms with E-state index in [1.165, 1.54) is 6.07 Å². The Morgan fingerprint density at radius 1 is 1.59 bits per heavy atom. The number of nitrogens with zero attached hydrogens (tertiary/aromatic N) is 1. The SMILES string of the molecule is CCOC(=O)c1nc(C(F)F)c(Br)cc1CBr. The standard InChI is InChI=1S/C10H9Br2F2NO2/c1-2-17-10(16)7-5(4-11)3-6(12)8(15-7)9(13)14/h3,9H,2,4H2,1H3. The molecule has 0 radical (unpaired) electrons. The summed E-state index contributed by atoms with van der Waals surface area (Å²) >= 11 is 6.16. The van der Waals surface area contributed by atoms with E-state index in [4.69, 9.17) is 4.74 Å². The fourth-order valence-electron chi connectivity index (χ4n) is 1.17. The van der Waals surface area contributed by atoms with Crippen LogP contribution in [-0.4, -0.2) is 17.6 Å². The van der Waals surface area contributed by atoms with Crippen molar-refractivity contribution >= 4 is 37.8 Å². The summed E-state index contributed by atoms with van der Waals surface area (Å²) in [7, 11) is 0. The van der Waals surface area contributed by atoms with Crippen molar-refractivity contribution in [3.63, 3.8) is 0 Å². The normalized spacial score (nSPS) is 10.7. The minimum Gasteiger partial charge on any atom is -0.461 e. The van der Waals surface area contributed by atoms with Crippen LogP contribution in [0.2, 0.25) is 0 Å². The highest BCUT2D eigenvalue weighted by atomic mass is 79.9. The second-order valence-electron chi connectivity index (χ2n) is 3.02. The molecule has 94 valence electrons. The summed E-state index contributed by atoms with van der Waals surface area (Å²) in [6, 6.07) is 1.44. The lowest BCUT2D eigenvalue weighted by molar-refractivity contribution is 0.0516. The molecule has 1 rings (SSSR count). The lowest BCUT2D eigenvalue weighted by Gasteiger charge is -2.10. The molecule has 0 spiro atoms. The van der Waals surface area contributed by atoms with Crippen LogP contribution in [0.5, 0.6) is 0 Å². The van der Waals surface area contributed by atoms with Crippen molar-refractivity contribution in [3.05, 3.63) is 27.5 Å². The highest BCUT2D eigenvalue weighted by molar-refractivity contribution is 9.10. The summed E-state index contributed by atoms with van der Waals surface area (Å²) in [5, 5.41) is 0.330. The van der Waals surface area contributed by atoms with Gasteiger partial charge in [0.1, 0.15) is 5.69 Å². The van der Waals surface area contributed by atoms with Gasteiger partial charge < -0.3 is 4.74 Å². The molecule has 0 bridgehead atoms. The van der Waals surface area contributed by atoms with E-state index < -0.39 is 18.1 Å². The zero-order chi connectivity index (χ0) is 13.0. The summed E-state index contributed by atoms with van der Waals surface area (Å²) in [5.74, 6) is -0.698. The van der Waals surface area contributed by atoms with Gasteiger partial charge in [0.25, 0.3) is 6.43 Å². The smallest absolute Gasteiger partial charge is 0.357 e. The van der Waals surface area contributed by atoms with Gasteiger partial charge in [0.2, 0.25) is 0 Å². The average Bonchev–Trinajstić information content (AvgIpc) is 2.28. The molecule has 0 saturated carbocycles. The molecule has 1 aromatic heterocycles. The molecule has 17 heavy (non-hydrogen) atoms. The number of pyridine rings is 1. The van der Waals surface area contributed by atoms with E-state index in [0.29, 0.717) is 10.9 Å². The minimum absolute atomic E-state index is 0.0813. The van der Waals surface area contributed by atoms with Crippen molar-refractivity contribution in [1.82, 2.24) is 4.98 Å². The van der Waals surface area contributed by atoms with Crippen molar-refractivity contribution in [2.75, 3.05) is 6.61 Å². The Balaban J connectivity index is 3.26. The van der Waals surface area contributed by atoms with Gasteiger partial charge in [-0.3, -0.25) is 0 Å². The van der Waals surface area contributed by atoms with Gasteiger partial charge >= 0.3 is 5.97 Å². The number of halogens is 4. The number of esters is 1. The first-order valence-electron chi connectivity index (χ1n) is 4.71. The maximum atomic E-state index is 12.6. The summed E-state index contributed by atoms with van der Waals surface area (Å²) in [6.07, 6.45) is -2.75. The molecule has 0 atom stereocenters. The van der Waals surface area contributed by atoms with E-state index >= 15 is 0 Å². The van der Waals surface area contributed by atoms with Gasteiger partial charge in [0.05, 0.1) is 6.61 Å². The molecule has 7 heteroatoms. The zero-order valence-corrected chi connectivity index (χ0v) is 12.0. The quantitative estimate of drug-likeness (QED) is 0.595. The molecule has 0 aliphatic heterocycles. The highest BCUT2D eigenvalue weighted by Crippen LogP contribution is 2.28. The van der Waals surface area contributed by atoms with Crippen LogP contribution < -0.4 is 0 Å². The molecule has 1 heterocycles. The Bertz CT molecular complexity index is 427. The number of hydrogen-bond donors (Lipinski definition) is 0. The number of carbonyl (C=O) groups is 1. The second-order valence-corrected chi connectivity index (χ2v) is 4.43. The van der Waals surface area contributed by atoms with Crippen molar-refractivity contribution < 1.29 is 18.3 Å². The molecule has 0 saturated heterocycles. The fourth-order valence-corrected chi connectivity index (χ4v) is 2.14. The number of alkyl halides is 3. The number of aromatic nitrogens is 1. The van der Waals surface area contributed by atoms with Crippen LogP contribution in [0.3, 0.4) is 0 Å². The first-order chi connectivity index (χ1) is 8.01. The lowest BCUT2D eigenvalue weighted by Crippen LogP contribution is -2.12. The van der Waals surface area contributed by atoms with Crippen molar-refractivity contribution in [1.29, 1.82) is 0 Å². The Hall–Kier alpha value is -0.560. The largest absolute Gasteiger partial charge is 0.461 e. The molecule has 0 aromatic carbocycles. The third kappa shape index (κ3) is 3.45. The monoisotopic (exact) mass is 371 g/mol. The number of hydrogen-bond acceptors (Lipinski definition) is 3. The molecular weight excluding hydrogens is 364 g/mol. The van der Waals surface area contributed by atoms with Gasteiger partial charge in [-0.1, -0.05) is 15.9 Å². The lowest BCUT2D eigenvalue weighted by atomic mass is 10.2. The van der Waals surface area contributed by atoms with E-state index in [2.05, 4.69) is 36.8 Å². The number of ether oxygens (including phenoxy) is 1. The van der Waals surface area contributed by atoms with Crippen LogP contribution in [0.25, 0.3) is 0 Å². The first-order valence-corrected chi connectivity index (χ1v) is 6.63. The molecule has 0 amide bonds. The van der Waals surface area contributed by atoms with Crippen molar-refractivity contribution in [2.24, 2.45) is 0 Å². The van der Waals surface area contributed by atoms with Crippen LogP contribution in [0, 0.1) is 0 Å². The molecule has 0 fully saturated rings. The van der Waals surface area contributed by atoms with Crippen LogP contribution in [-0.2, 0) is 10.1 Å². The number of carbonyl (C=O) groups excluding carboxylic acids is 1. The Labute approximate surface area is 114 Å². The maximum absolute atomic E-state index is 12.6. The van der Waals surface area contributed by atoms with Crippen LogP contribution >= 0.6 is 31.9 Å². The molecule has 0 N–H and O–H groups in total. The van der Waals surface area contributed by atoms with E-state index in [9.17, 15) is 13.6 Å². The van der Waals surface area contributed by atoms with Gasteiger partial charge in [-0.2, -0.15) is 0 Å². The summed E-state index contributed by atoms with van der Waals surface area (Å²) < 4.78 is 30.2. The molecule has 3 nitrogen and oxygen atoms in total. The topological polar surface area (TPSA) is 39.2 Å². The predicted octanol–water partition coefficient (Wildman–Crippen LogP) is 3.85. The Morgan fingerprint density at radius 3 is 2.71 bits per heavy atom. The van der Waals surface area contributed by atoms with Gasteiger partial charge in [-0.05, 0) is 34.5 Å². The first kappa shape index (κ1) is 14.5. The minimum atomic E-state index is -2.75. The van der Waals surface area contributed by atoms with Crippen LogP contribution in [0.4, 0.5) is 8.78 Å². The Kier molecular flexibility index (Phi) is 5.45. The zero-order valence-electron chi connectivity index (χ0n) is 8.84. The maximum Gasteiger partial charge on any atom is 0.357 e. The second kappa shape index (κ2) is 6.39. The molecular formula is C10H9Br2F2NO2. The Morgan fingerprint density at radius 2 is 2.24 bits per heavy atom. The average molecular weight is 373 g/mol. The summed E-state index contributed by atoms with van der Waals surface area (Å²) in [4.78, 5) is 15.2. The molecule has 1 aromatic rings. The molecule has 0 unspecified atom stereocenters. The number of rotatable bonds is 4. The third-order valence-corrected chi connectivity index (χ3v) is 3.14. The predicted molar refractivity (Wildman–Crippen MR) is 65.5 cm³/mol. The van der Waals surface area contributed by atoms with Crippen molar-refractivity contribution in [2.45, 2.75) is 18.7 Å². The molecule has 0 aliphatic rings. The fraction of sp³-hybridized carbons (Fsp3) is 0.400. The summed E-state index contributed by atoms with van der Waals surface area (Å²) in [6.45, 7) is 1.81. The van der Waals surface area contributed by atoms with Crippen molar-refractivity contribution in [3.8, 4) is 0 Å². The van der Waals surface area contributed by atoms with E-state index in [0.717, 1.165) is 0 Å². The van der Waals surface area contributed by atoms with Crippen LogP contribution in [0.1, 0.15) is 35.1 Å². The van der Waals surface area contributed by atoms with E-state index in [-0.39, 0.29) is 16.8 Å². The van der Waals surface area contributed by atoms with E-state index in [1.807, 2.05) is 0 Å². The van der Waals surface area contributed by atoms with Gasteiger partial charge in [-0.15, -0.1) is 0 Å². The third-order valence-electron chi connectivity index (χ3n) is 1.90.